The average molecular weight is 347 g/mol. The van der Waals surface area contributed by atoms with Crippen molar-refractivity contribution in [3.63, 3.8) is 0 Å². The smallest absolute Gasteiger partial charge is 0.216 e. The molecule has 0 fully saturated rings. The molecule has 2 amide bonds. The maximum Gasteiger partial charge on any atom is 0.216 e. The van der Waals surface area contributed by atoms with Crippen LogP contribution in [0.2, 0.25) is 0 Å². The molecule has 0 saturated carbocycles. The molecule has 0 atom stereocenters. The lowest BCUT2D eigenvalue weighted by Gasteiger charge is -1.80. The van der Waals surface area contributed by atoms with Gasteiger partial charge < -0.3 is 10.6 Å². The Bertz CT molecular complexity index is 375. The van der Waals surface area contributed by atoms with Gasteiger partial charge in [-0.05, 0) is 0 Å². The van der Waals surface area contributed by atoms with Crippen LogP contribution in [0, 0.1) is 0 Å². The second-order valence-electron chi connectivity index (χ2n) is 4.63. The van der Waals surface area contributed by atoms with E-state index in [1.54, 1.807) is 14.1 Å². The van der Waals surface area contributed by atoms with Crippen molar-refractivity contribution in [3.05, 3.63) is 72.8 Å². The van der Waals surface area contributed by atoms with Crippen LogP contribution >= 0.6 is 0 Å². The Morgan fingerprint density at radius 2 is 0.640 bits per heavy atom. The largest absolute Gasteiger partial charge is 0.359 e. The standard InChI is InChI=1S/2C6H6.2C3H7NO.C3H8/c2*1-2-4-6-5-3-1;2*1-3(5)4-2;1-3-2/h2*1-6H;2*1-2H3,(H,4,5);3H2,1-2H3. The highest BCUT2D eigenvalue weighted by Gasteiger charge is 1.73. The highest BCUT2D eigenvalue weighted by Crippen LogP contribution is 1.80. The molecular formula is C21H34N2O2. The molecule has 2 rings (SSSR count). The number of amides is 2. The predicted molar refractivity (Wildman–Crippen MR) is 108 cm³/mol. The van der Waals surface area contributed by atoms with Gasteiger partial charge in [0.2, 0.25) is 11.8 Å². The zero-order valence-corrected chi connectivity index (χ0v) is 16.5. The van der Waals surface area contributed by atoms with Crippen LogP contribution in [-0.4, -0.2) is 25.9 Å². The van der Waals surface area contributed by atoms with Crippen LogP contribution in [0.5, 0.6) is 0 Å². The summed E-state index contributed by atoms with van der Waals surface area (Å²) in [6.45, 7) is 7.19. The molecule has 0 spiro atoms. The molecule has 0 aliphatic heterocycles. The van der Waals surface area contributed by atoms with Gasteiger partial charge in [0.05, 0.1) is 0 Å². The Morgan fingerprint density at radius 1 is 0.560 bits per heavy atom. The number of rotatable bonds is 0. The van der Waals surface area contributed by atoms with E-state index >= 15 is 0 Å². The Hall–Kier alpha value is -2.62. The highest BCUT2D eigenvalue weighted by atomic mass is 16.1. The maximum atomic E-state index is 9.70. The monoisotopic (exact) mass is 346 g/mol. The molecule has 0 heterocycles. The molecular weight excluding hydrogens is 312 g/mol. The molecule has 2 aromatic carbocycles. The lowest BCUT2D eigenvalue weighted by Crippen LogP contribution is -2.11. The van der Waals surface area contributed by atoms with E-state index in [-0.39, 0.29) is 11.8 Å². The maximum absolute atomic E-state index is 9.70. The van der Waals surface area contributed by atoms with Gasteiger partial charge in [0.15, 0.2) is 0 Å². The van der Waals surface area contributed by atoms with E-state index < -0.39 is 0 Å². The molecule has 0 bridgehead atoms. The minimum Gasteiger partial charge on any atom is -0.359 e. The van der Waals surface area contributed by atoms with Gasteiger partial charge in [-0.15, -0.1) is 0 Å². The van der Waals surface area contributed by atoms with Gasteiger partial charge in [0, 0.05) is 27.9 Å². The molecule has 2 N–H and O–H groups in total. The Morgan fingerprint density at radius 3 is 0.680 bits per heavy atom. The summed E-state index contributed by atoms with van der Waals surface area (Å²) in [5.41, 5.74) is 0. The van der Waals surface area contributed by atoms with Gasteiger partial charge in [0.1, 0.15) is 0 Å². The van der Waals surface area contributed by atoms with E-state index in [4.69, 9.17) is 0 Å². The van der Waals surface area contributed by atoms with Gasteiger partial charge in [-0.3, -0.25) is 9.59 Å². The second-order valence-corrected chi connectivity index (χ2v) is 4.63. The summed E-state index contributed by atoms with van der Waals surface area (Å²) in [6, 6.07) is 24.0. The number of carbonyl (C=O) groups is 2. The first kappa shape index (κ1) is 27.2. The average Bonchev–Trinajstić information content (AvgIpc) is 2.66. The SMILES string of the molecule is CCC.CNC(C)=O.CNC(C)=O.c1ccccc1.c1ccccc1. The molecule has 4 nitrogen and oxygen atoms in total. The summed E-state index contributed by atoms with van der Waals surface area (Å²) in [7, 11) is 3.20. The zero-order chi connectivity index (χ0) is 19.8. The summed E-state index contributed by atoms with van der Waals surface area (Å²) in [5, 5.41) is 4.78. The molecule has 0 aliphatic rings. The predicted octanol–water partition coefficient (Wildman–Crippen LogP) is 4.29. The van der Waals surface area contributed by atoms with Crippen molar-refractivity contribution in [2.24, 2.45) is 0 Å². The first-order chi connectivity index (χ1) is 12.0. The summed E-state index contributed by atoms with van der Waals surface area (Å²) < 4.78 is 0. The zero-order valence-electron chi connectivity index (χ0n) is 16.5. The normalized spacial score (nSPS) is 7.28. The summed E-state index contributed by atoms with van der Waals surface area (Å²) in [5.74, 6) is 0.00926. The Labute approximate surface area is 153 Å². The Balaban J connectivity index is -0.000000247. The van der Waals surface area contributed by atoms with Crippen LogP contribution in [0.3, 0.4) is 0 Å². The molecule has 0 radical (unpaired) electrons. The topological polar surface area (TPSA) is 58.2 Å². The third-order valence-corrected chi connectivity index (χ3v) is 2.04. The van der Waals surface area contributed by atoms with Gasteiger partial charge >= 0.3 is 0 Å². The third kappa shape index (κ3) is 44.9. The molecule has 0 saturated heterocycles. The summed E-state index contributed by atoms with van der Waals surface area (Å²) >= 11 is 0. The van der Waals surface area contributed by atoms with Crippen LogP contribution in [0.4, 0.5) is 0 Å². The molecule has 140 valence electrons. The van der Waals surface area contributed by atoms with Crippen molar-refractivity contribution < 1.29 is 9.59 Å². The van der Waals surface area contributed by atoms with Crippen molar-refractivity contribution in [2.75, 3.05) is 14.1 Å². The van der Waals surface area contributed by atoms with E-state index in [9.17, 15) is 9.59 Å². The Kier molecular flexibility index (Phi) is 28.6. The first-order valence-corrected chi connectivity index (χ1v) is 8.32. The van der Waals surface area contributed by atoms with Crippen LogP contribution in [0.1, 0.15) is 34.1 Å². The fourth-order valence-corrected chi connectivity index (χ4v) is 0.770. The van der Waals surface area contributed by atoms with Crippen LogP contribution in [0.25, 0.3) is 0 Å². The molecule has 2 aromatic rings. The molecule has 0 unspecified atom stereocenters. The minimum atomic E-state index is 0.00463. The number of carbonyl (C=O) groups excluding carboxylic acids is 2. The lowest BCUT2D eigenvalue weighted by atomic mass is 10.4. The van der Waals surface area contributed by atoms with Crippen molar-refractivity contribution in [3.8, 4) is 0 Å². The molecule has 25 heavy (non-hydrogen) atoms. The first-order valence-electron chi connectivity index (χ1n) is 8.32. The fraction of sp³-hybridized carbons (Fsp3) is 0.333. The van der Waals surface area contributed by atoms with Crippen molar-refractivity contribution >= 4 is 11.8 Å². The van der Waals surface area contributed by atoms with E-state index in [2.05, 4.69) is 24.5 Å². The number of benzene rings is 2. The number of nitrogens with one attached hydrogen (secondary N) is 2. The highest BCUT2D eigenvalue weighted by molar-refractivity contribution is 5.72. The van der Waals surface area contributed by atoms with E-state index in [1.165, 1.54) is 20.3 Å². The van der Waals surface area contributed by atoms with Gasteiger partial charge in [-0.2, -0.15) is 0 Å². The fourth-order valence-electron chi connectivity index (χ4n) is 0.770. The van der Waals surface area contributed by atoms with Gasteiger partial charge in [-0.25, -0.2) is 0 Å². The lowest BCUT2D eigenvalue weighted by molar-refractivity contribution is -0.119. The number of hydrogen-bond acceptors (Lipinski definition) is 2. The third-order valence-electron chi connectivity index (χ3n) is 2.04. The van der Waals surface area contributed by atoms with Crippen LogP contribution in [-0.2, 0) is 9.59 Å². The minimum absolute atomic E-state index is 0.00463. The summed E-state index contributed by atoms with van der Waals surface area (Å²) in [4.78, 5) is 19.4. The van der Waals surface area contributed by atoms with Gasteiger partial charge in [-0.1, -0.05) is 93.1 Å². The van der Waals surface area contributed by atoms with Crippen molar-refractivity contribution in [2.45, 2.75) is 34.1 Å². The number of hydrogen-bond donors (Lipinski definition) is 2. The van der Waals surface area contributed by atoms with Crippen LogP contribution < -0.4 is 10.6 Å². The van der Waals surface area contributed by atoms with E-state index in [1.807, 2.05) is 72.8 Å². The van der Waals surface area contributed by atoms with E-state index in [0.717, 1.165) is 0 Å². The quantitative estimate of drug-likeness (QED) is 0.747. The molecule has 0 aromatic heterocycles. The van der Waals surface area contributed by atoms with Crippen molar-refractivity contribution in [1.29, 1.82) is 0 Å². The van der Waals surface area contributed by atoms with E-state index in [0.29, 0.717) is 0 Å². The molecule has 0 aliphatic carbocycles. The van der Waals surface area contributed by atoms with Crippen LogP contribution in [0.15, 0.2) is 72.8 Å². The van der Waals surface area contributed by atoms with Crippen molar-refractivity contribution in [1.82, 2.24) is 10.6 Å². The molecule has 4 heteroatoms. The van der Waals surface area contributed by atoms with Gasteiger partial charge in [0.25, 0.3) is 0 Å². The summed E-state index contributed by atoms with van der Waals surface area (Å²) in [6.07, 6.45) is 1.25. The second kappa shape index (κ2) is 26.3.